The van der Waals surface area contributed by atoms with Crippen molar-refractivity contribution in [2.24, 2.45) is 5.11 Å². The minimum absolute atomic E-state index is 0.479. The number of rotatable bonds is 3. The Hall–Kier alpha value is -2.00. The lowest BCUT2D eigenvalue weighted by Crippen LogP contribution is -1.88. The summed E-state index contributed by atoms with van der Waals surface area (Å²) in [4.78, 5) is 2.71. The van der Waals surface area contributed by atoms with E-state index in [-0.39, 0.29) is 0 Å². The molecule has 0 radical (unpaired) electrons. The second-order valence-electron chi connectivity index (χ2n) is 2.90. The molecule has 0 aliphatic heterocycles. The van der Waals surface area contributed by atoms with Gasteiger partial charge in [-0.05, 0) is 29.6 Å². The van der Waals surface area contributed by atoms with Crippen LogP contribution in [0.2, 0.25) is 0 Å². The SMILES string of the molecule is [N-]=[N+]=NCCc1cnn2ccccc12. The van der Waals surface area contributed by atoms with Crippen molar-refractivity contribution in [2.45, 2.75) is 6.42 Å². The molecule has 70 valence electrons. The van der Waals surface area contributed by atoms with E-state index in [2.05, 4.69) is 15.1 Å². The van der Waals surface area contributed by atoms with Gasteiger partial charge >= 0.3 is 0 Å². The van der Waals surface area contributed by atoms with E-state index in [9.17, 15) is 0 Å². The normalized spacial score (nSPS) is 10.0. The molecular formula is C9H9N5. The standard InChI is InChI=1S/C9H9N5/c10-13-11-5-4-8-7-12-14-6-2-1-3-9(8)14/h1-3,6-7H,4-5H2. The molecule has 2 aromatic heterocycles. The van der Waals surface area contributed by atoms with Crippen LogP contribution in [-0.4, -0.2) is 16.2 Å². The molecule has 0 atom stereocenters. The first-order valence-electron chi connectivity index (χ1n) is 4.34. The number of aromatic nitrogens is 2. The fraction of sp³-hybridized carbons (Fsp3) is 0.222. The average Bonchev–Trinajstić information content (AvgIpc) is 2.63. The van der Waals surface area contributed by atoms with E-state index in [0.717, 1.165) is 17.5 Å². The number of nitrogens with zero attached hydrogens (tertiary/aromatic N) is 5. The Morgan fingerprint density at radius 2 is 2.43 bits per heavy atom. The van der Waals surface area contributed by atoms with E-state index in [1.54, 1.807) is 0 Å². The van der Waals surface area contributed by atoms with Crippen LogP contribution < -0.4 is 0 Å². The molecule has 0 saturated carbocycles. The monoisotopic (exact) mass is 187 g/mol. The molecule has 0 bridgehead atoms. The summed E-state index contributed by atoms with van der Waals surface area (Å²) in [5.74, 6) is 0. The molecule has 5 nitrogen and oxygen atoms in total. The summed E-state index contributed by atoms with van der Waals surface area (Å²) in [6, 6.07) is 5.89. The molecule has 0 aromatic carbocycles. The van der Waals surface area contributed by atoms with Gasteiger partial charge in [-0.25, -0.2) is 4.52 Å². The molecule has 0 aliphatic carbocycles. The second-order valence-corrected chi connectivity index (χ2v) is 2.90. The first-order chi connectivity index (χ1) is 6.92. The van der Waals surface area contributed by atoms with E-state index in [4.69, 9.17) is 5.53 Å². The second kappa shape index (κ2) is 3.81. The Morgan fingerprint density at radius 1 is 1.50 bits per heavy atom. The number of pyridine rings is 1. The minimum atomic E-state index is 0.479. The highest BCUT2D eigenvalue weighted by molar-refractivity contribution is 5.53. The summed E-state index contributed by atoms with van der Waals surface area (Å²) in [6.07, 6.45) is 4.44. The van der Waals surface area contributed by atoms with Crippen LogP contribution >= 0.6 is 0 Å². The Bertz CT molecular complexity index is 481. The van der Waals surface area contributed by atoms with Gasteiger partial charge in [0.25, 0.3) is 0 Å². The molecule has 14 heavy (non-hydrogen) atoms. The van der Waals surface area contributed by atoms with Gasteiger partial charge < -0.3 is 0 Å². The van der Waals surface area contributed by atoms with Gasteiger partial charge in [-0.15, -0.1) is 0 Å². The van der Waals surface area contributed by atoms with Gasteiger partial charge in [0.05, 0.1) is 11.7 Å². The highest BCUT2D eigenvalue weighted by Crippen LogP contribution is 2.10. The summed E-state index contributed by atoms with van der Waals surface area (Å²) in [5.41, 5.74) is 10.3. The Balaban J connectivity index is 2.29. The zero-order valence-electron chi connectivity index (χ0n) is 7.54. The Labute approximate surface area is 80.6 Å². The number of azide groups is 1. The van der Waals surface area contributed by atoms with E-state index in [1.807, 2.05) is 35.1 Å². The maximum absolute atomic E-state index is 8.15. The van der Waals surface area contributed by atoms with Crippen LogP contribution in [0.25, 0.3) is 16.0 Å². The lowest BCUT2D eigenvalue weighted by molar-refractivity contribution is 0.959. The van der Waals surface area contributed by atoms with E-state index in [1.165, 1.54) is 0 Å². The van der Waals surface area contributed by atoms with Crippen molar-refractivity contribution in [3.05, 3.63) is 46.6 Å². The van der Waals surface area contributed by atoms with Crippen LogP contribution in [0.4, 0.5) is 0 Å². The van der Waals surface area contributed by atoms with Crippen LogP contribution in [0, 0.1) is 0 Å². The molecule has 0 amide bonds. The zero-order valence-corrected chi connectivity index (χ0v) is 7.54. The molecule has 0 fully saturated rings. The molecule has 0 N–H and O–H groups in total. The van der Waals surface area contributed by atoms with Crippen LogP contribution in [0.3, 0.4) is 0 Å². The molecule has 0 unspecified atom stereocenters. The quantitative estimate of drug-likeness (QED) is 0.412. The topological polar surface area (TPSA) is 66.1 Å². The highest BCUT2D eigenvalue weighted by atomic mass is 15.2. The van der Waals surface area contributed by atoms with Crippen molar-refractivity contribution < 1.29 is 0 Å². The number of hydrogen-bond donors (Lipinski definition) is 0. The third-order valence-corrected chi connectivity index (χ3v) is 2.05. The van der Waals surface area contributed by atoms with Gasteiger partial charge in [0.15, 0.2) is 0 Å². The molecule has 2 rings (SSSR count). The summed E-state index contributed by atoms with van der Waals surface area (Å²) in [6.45, 7) is 0.479. The molecule has 0 aliphatic rings. The van der Waals surface area contributed by atoms with Crippen molar-refractivity contribution in [1.29, 1.82) is 0 Å². The lowest BCUT2D eigenvalue weighted by Gasteiger charge is -1.94. The summed E-state index contributed by atoms with van der Waals surface area (Å²) >= 11 is 0. The number of hydrogen-bond acceptors (Lipinski definition) is 2. The third kappa shape index (κ3) is 1.53. The molecule has 0 spiro atoms. The fourth-order valence-electron chi connectivity index (χ4n) is 1.40. The molecule has 0 saturated heterocycles. The van der Waals surface area contributed by atoms with Crippen LogP contribution in [0.15, 0.2) is 35.7 Å². The lowest BCUT2D eigenvalue weighted by atomic mass is 10.2. The Kier molecular flexibility index (Phi) is 2.34. The van der Waals surface area contributed by atoms with Crippen molar-refractivity contribution in [3.8, 4) is 0 Å². The summed E-state index contributed by atoms with van der Waals surface area (Å²) in [5, 5.41) is 7.68. The Morgan fingerprint density at radius 3 is 3.29 bits per heavy atom. The van der Waals surface area contributed by atoms with Crippen molar-refractivity contribution in [2.75, 3.05) is 6.54 Å². The van der Waals surface area contributed by atoms with Gasteiger partial charge in [0.2, 0.25) is 0 Å². The predicted octanol–water partition coefficient (Wildman–Crippen LogP) is 2.19. The largest absolute Gasteiger partial charge is 0.241 e. The third-order valence-electron chi connectivity index (χ3n) is 2.05. The van der Waals surface area contributed by atoms with Gasteiger partial charge in [0.1, 0.15) is 0 Å². The van der Waals surface area contributed by atoms with Crippen LogP contribution in [0.5, 0.6) is 0 Å². The molecule has 5 heteroatoms. The predicted molar refractivity (Wildman–Crippen MR) is 52.9 cm³/mol. The fourth-order valence-corrected chi connectivity index (χ4v) is 1.40. The van der Waals surface area contributed by atoms with Gasteiger partial charge in [-0.3, -0.25) is 0 Å². The zero-order chi connectivity index (χ0) is 9.80. The maximum Gasteiger partial charge on any atom is 0.0693 e. The minimum Gasteiger partial charge on any atom is -0.241 e. The number of fused-ring (bicyclic) bond motifs is 1. The first-order valence-corrected chi connectivity index (χ1v) is 4.34. The van der Waals surface area contributed by atoms with Gasteiger partial charge in [-0.2, -0.15) is 5.10 Å². The average molecular weight is 187 g/mol. The van der Waals surface area contributed by atoms with Gasteiger partial charge in [-0.1, -0.05) is 11.2 Å². The molecule has 2 aromatic rings. The summed E-state index contributed by atoms with van der Waals surface area (Å²) < 4.78 is 1.81. The summed E-state index contributed by atoms with van der Waals surface area (Å²) in [7, 11) is 0. The van der Waals surface area contributed by atoms with Crippen molar-refractivity contribution >= 4 is 5.52 Å². The maximum atomic E-state index is 8.15. The highest BCUT2D eigenvalue weighted by Gasteiger charge is 2.00. The van der Waals surface area contributed by atoms with Crippen LogP contribution in [0.1, 0.15) is 5.56 Å². The van der Waals surface area contributed by atoms with Crippen molar-refractivity contribution in [3.63, 3.8) is 0 Å². The van der Waals surface area contributed by atoms with E-state index >= 15 is 0 Å². The van der Waals surface area contributed by atoms with E-state index in [0.29, 0.717) is 6.54 Å². The first kappa shape index (κ1) is 8.59. The van der Waals surface area contributed by atoms with Gasteiger partial charge in [0, 0.05) is 17.7 Å². The van der Waals surface area contributed by atoms with Crippen molar-refractivity contribution in [1.82, 2.24) is 9.61 Å². The molecular weight excluding hydrogens is 178 g/mol. The molecule has 2 heterocycles. The van der Waals surface area contributed by atoms with E-state index < -0.39 is 0 Å². The smallest absolute Gasteiger partial charge is 0.0693 e. The van der Waals surface area contributed by atoms with Crippen LogP contribution in [-0.2, 0) is 6.42 Å².